The van der Waals surface area contributed by atoms with Crippen molar-refractivity contribution in [2.24, 2.45) is 0 Å². The first-order chi connectivity index (χ1) is 10.5. The smallest absolute Gasteiger partial charge is 0.271 e. The molecule has 6 nitrogen and oxygen atoms in total. The fourth-order valence-electron chi connectivity index (χ4n) is 2.60. The first-order valence-corrected chi connectivity index (χ1v) is 7.64. The molecule has 3 heterocycles. The van der Waals surface area contributed by atoms with Crippen LogP contribution in [0.4, 0.5) is 0 Å². The molecular weight excluding hydrogens is 337 g/mol. The summed E-state index contributed by atoms with van der Waals surface area (Å²) in [6.07, 6.45) is 0.917. The summed E-state index contributed by atoms with van der Waals surface area (Å²) in [5.41, 5.74) is 2.09. The number of aromatic nitrogens is 3. The van der Waals surface area contributed by atoms with E-state index in [0.717, 1.165) is 30.9 Å². The van der Waals surface area contributed by atoms with Gasteiger partial charge in [-0.3, -0.25) is 4.79 Å². The van der Waals surface area contributed by atoms with Crippen LogP contribution in [-0.2, 0) is 0 Å². The van der Waals surface area contributed by atoms with E-state index in [4.69, 9.17) is 11.6 Å². The summed E-state index contributed by atoms with van der Waals surface area (Å²) in [7, 11) is 0. The van der Waals surface area contributed by atoms with Crippen molar-refractivity contribution in [3.05, 3.63) is 40.3 Å². The Morgan fingerprint density at radius 2 is 2.22 bits per heavy atom. The average molecular weight is 356 g/mol. The molecule has 23 heavy (non-hydrogen) atoms. The fourth-order valence-corrected chi connectivity index (χ4v) is 2.79. The zero-order chi connectivity index (χ0) is 15.7. The minimum atomic E-state index is -0.248. The lowest BCUT2D eigenvalue weighted by Crippen LogP contribution is -2.36. The molecule has 1 fully saturated rings. The molecule has 1 saturated heterocycles. The predicted octanol–water partition coefficient (Wildman–Crippen LogP) is 2.05. The van der Waals surface area contributed by atoms with Crippen molar-refractivity contribution in [2.75, 3.05) is 13.1 Å². The van der Waals surface area contributed by atoms with E-state index in [1.807, 2.05) is 19.9 Å². The van der Waals surface area contributed by atoms with Crippen LogP contribution in [0.15, 0.2) is 18.2 Å². The van der Waals surface area contributed by atoms with Gasteiger partial charge in [-0.05, 0) is 45.0 Å². The second-order valence-corrected chi connectivity index (χ2v) is 5.91. The Labute approximate surface area is 146 Å². The molecule has 2 aromatic rings. The summed E-state index contributed by atoms with van der Waals surface area (Å²) >= 11 is 6.14. The molecule has 0 aromatic carbocycles. The van der Waals surface area contributed by atoms with Crippen LogP contribution < -0.4 is 10.6 Å². The Bertz CT molecular complexity index is 710. The van der Waals surface area contributed by atoms with Crippen LogP contribution in [0.2, 0.25) is 5.02 Å². The van der Waals surface area contributed by atoms with Gasteiger partial charge in [-0.1, -0.05) is 11.6 Å². The summed E-state index contributed by atoms with van der Waals surface area (Å²) < 4.78 is 1.71. The highest BCUT2D eigenvalue weighted by molar-refractivity contribution is 6.33. The Hall–Kier alpha value is -1.63. The largest absolute Gasteiger partial charge is 0.347 e. The number of amides is 1. The summed E-state index contributed by atoms with van der Waals surface area (Å²) in [5.74, 6) is 0.340. The zero-order valence-electron chi connectivity index (χ0n) is 13.0. The van der Waals surface area contributed by atoms with Gasteiger partial charge in [0.1, 0.15) is 5.69 Å². The topological polar surface area (TPSA) is 71.8 Å². The standard InChI is InChI=1S/C15H18ClN5O.ClH/c1-9-7-10(2)21(20-9)13-4-3-12(16)14(19-13)15(22)18-11-5-6-17-8-11;/h3-4,7,11,17H,5-6,8H2,1-2H3,(H,18,22);1H. The van der Waals surface area contributed by atoms with Crippen molar-refractivity contribution in [2.45, 2.75) is 26.3 Å². The number of hydrogen-bond acceptors (Lipinski definition) is 4. The number of pyridine rings is 1. The van der Waals surface area contributed by atoms with E-state index in [9.17, 15) is 4.79 Å². The summed E-state index contributed by atoms with van der Waals surface area (Å²) in [4.78, 5) is 16.8. The maximum Gasteiger partial charge on any atom is 0.271 e. The van der Waals surface area contributed by atoms with E-state index < -0.39 is 0 Å². The number of nitrogens with zero attached hydrogens (tertiary/aromatic N) is 3. The molecule has 8 heteroatoms. The second-order valence-electron chi connectivity index (χ2n) is 5.50. The third-order valence-corrected chi connectivity index (χ3v) is 3.97. The number of nitrogens with one attached hydrogen (secondary N) is 2. The second kappa shape index (κ2) is 7.29. The van der Waals surface area contributed by atoms with Crippen LogP contribution in [-0.4, -0.2) is 39.8 Å². The van der Waals surface area contributed by atoms with Gasteiger partial charge in [0.05, 0.1) is 10.7 Å². The van der Waals surface area contributed by atoms with E-state index in [1.54, 1.807) is 16.8 Å². The quantitative estimate of drug-likeness (QED) is 0.883. The molecule has 1 aliphatic rings. The molecule has 0 aliphatic carbocycles. The van der Waals surface area contributed by atoms with Crippen molar-refractivity contribution in [3.63, 3.8) is 0 Å². The van der Waals surface area contributed by atoms with E-state index in [2.05, 4.69) is 20.7 Å². The molecule has 2 N–H and O–H groups in total. The lowest BCUT2D eigenvalue weighted by molar-refractivity contribution is 0.0935. The molecule has 1 unspecified atom stereocenters. The molecule has 0 saturated carbocycles. The van der Waals surface area contributed by atoms with E-state index in [0.29, 0.717) is 10.8 Å². The van der Waals surface area contributed by atoms with Crippen LogP contribution in [0.3, 0.4) is 0 Å². The molecule has 2 aromatic heterocycles. The van der Waals surface area contributed by atoms with Gasteiger partial charge in [-0.25, -0.2) is 9.67 Å². The van der Waals surface area contributed by atoms with Crippen molar-refractivity contribution in [3.8, 4) is 5.82 Å². The molecule has 1 atom stereocenters. The molecular formula is C15H19Cl2N5O. The third-order valence-electron chi connectivity index (χ3n) is 3.67. The molecule has 0 spiro atoms. The van der Waals surface area contributed by atoms with Crippen LogP contribution in [0.1, 0.15) is 28.3 Å². The fraction of sp³-hybridized carbons (Fsp3) is 0.400. The van der Waals surface area contributed by atoms with Crippen molar-refractivity contribution in [1.29, 1.82) is 0 Å². The first-order valence-electron chi connectivity index (χ1n) is 7.26. The number of rotatable bonds is 3. The third kappa shape index (κ3) is 3.83. The van der Waals surface area contributed by atoms with Gasteiger partial charge in [0.25, 0.3) is 5.91 Å². The van der Waals surface area contributed by atoms with Crippen molar-refractivity contribution in [1.82, 2.24) is 25.4 Å². The highest BCUT2D eigenvalue weighted by Gasteiger charge is 2.21. The predicted molar refractivity (Wildman–Crippen MR) is 91.8 cm³/mol. The molecule has 124 valence electrons. The summed E-state index contributed by atoms with van der Waals surface area (Å²) in [5, 5.41) is 10.9. The molecule has 3 rings (SSSR count). The number of carbonyl (C=O) groups is 1. The lowest BCUT2D eigenvalue weighted by atomic mass is 10.2. The normalized spacial score (nSPS) is 16.9. The van der Waals surface area contributed by atoms with Gasteiger partial charge in [0, 0.05) is 18.3 Å². The van der Waals surface area contributed by atoms with Crippen molar-refractivity contribution >= 4 is 29.9 Å². The Morgan fingerprint density at radius 1 is 1.43 bits per heavy atom. The van der Waals surface area contributed by atoms with Gasteiger partial charge in [-0.2, -0.15) is 5.10 Å². The summed E-state index contributed by atoms with van der Waals surface area (Å²) in [6.45, 7) is 5.55. The maximum atomic E-state index is 12.4. The van der Waals surface area contributed by atoms with E-state index in [-0.39, 0.29) is 30.0 Å². The summed E-state index contributed by atoms with van der Waals surface area (Å²) in [6, 6.07) is 5.53. The molecule has 1 amide bonds. The van der Waals surface area contributed by atoms with E-state index >= 15 is 0 Å². The van der Waals surface area contributed by atoms with Crippen LogP contribution in [0.25, 0.3) is 5.82 Å². The minimum absolute atomic E-state index is 0. The minimum Gasteiger partial charge on any atom is -0.347 e. The Balaban J connectivity index is 0.00000192. The van der Waals surface area contributed by atoms with Crippen LogP contribution >= 0.6 is 24.0 Å². The van der Waals surface area contributed by atoms with Gasteiger partial charge in [0.2, 0.25) is 0 Å². The molecule has 1 aliphatic heterocycles. The maximum absolute atomic E-state index is 12.4. The number of halogens is 2. The van der Waals surface area contributed by atoms with Gasteiger partial charge in [0.15, 0.2) is 5.82 Å². The number of hydrogen-bond donors (Lipinski definition) is 2. The van der Waals surface area contributed by atoms with Gasteiger partial charge in [-0.15, -0.1) is 12.4 Å². The monoisotopic (exact) mass is 355 g/mol. The van der Waals surface area contributed by atoms with Gasteiger partial charge < -0.3 is 10.6 Å². The first kappa shape index (κ1) is 17.7. The zero-order valence-corrected chi connectivity index (χ0v) is 14.5. The molecule has 0 radical (unpaired) electrons. The van der Waals surface area contributed by atoms with Crippen molar-refractivity contribution < 1.29 is 4.79 Å². The average Bonchev–Trinajstić information content (AvgIpc) is 3.09. The highest BCUT2D eigenvalue weighted by atomic mass is 35.5. The van der Waals surface area contributed by atoms with Gasteiger partial charge >= 0.3 is 0 Å². The lowest BCUT2D eigenvalue weighted by Gasteiger charge is -2.12. The van der Waals surface area contributed by atoms with Crippen LogP contribution in [0.5, 0.6) is 0 Å². The Kier molecular flexibility index (Phi) is 5.62. The van der Waals surface area contributed by atoms with Crippen LogP contribution in [0, 0.1) is 13.8 Å². The number of aryl methyl sites for hydroxylation is 2. The van der Waals surface area contributed by atoms with E-state index in [1.165, 1.54) is 0 Å². The number of carbonyl (C=O) groups excluding carboxylic acids is 1. The highest BCUT2D eigenvalue weighted by Crippen LogP contribution is 2.18. The SMILES string of the molecule is Cc1cc(C)n(-c2ccc(Cl)c(C(=O)NC3CCNC3)n2)n1.Cl. The Morgan fingerprint density at radius 3 is 2.83 bits per heavy atom. The molecule has 0 bridgehead atoms.